The van der Waals surface area contributed by atoms with Crippen LogP contribution in [0.2, 0.25) is 0 Å². The fourth-order valence-corrected chi connectivity index (χ4v) is 0. The van der Waals surface area contributed by atoms with Crippen LogP contribution in [0.5, 0.6) is 0 Å². The first-order valence-electron chi connectivity index (χ1n) is 12.7. The average molecular weight is 451 g/mol. The van der Waals surface area contributed by atoms with Gasteiger partial charge in [0.15, 0.2) is 0 Å². The molecule has 0 N–H and O–H groups in total. The first-order chi connectivity index (χ1) is 12.7. The molecule has 0 amide bonds. The van der Waals surface area contributed by atoms with Gasteiger partial charge in [0.05, 0.1) is 0 Å². The van der Waals surface area contributed by atoms with Crippen LogP contribution in [-0.4, -0.2) is 0 Å². The van der Waals surface area contributed by atoms with Crippen molar-refractivity contribution in [1.29, 1.82) is 0 Å². The predicted octanol–water partition coefficient (Wildman–Crippen LogP) is 15.7. The molecular weight excluding hydrogens is 348 g/mol. The highest BCUT2D eigenvalue weighted by atomic mass is 13.6. The summed E-state index contributed by atoms with van der Waals surface area (Å²) >= 11 is 0. The van der Waals surface area contributed by atoms with Gasteiger partial charge in [-0.2, -0.15) is 0 Å². The molecule has 0 saturated heterocycles. The van der Waals surface area contributed by atoms with Crippen molar-refractivity contribution in [1.82, 2.24) is 0 Å². The van der Waals surface area contributed by atoms with Crippen LogP contribution in [0, 0.1) is 0 Å². The highest BCUT2D eigenvalue weighted by molar-refractivity contribution is 4.12. The highest BCUT2D eigenvalue weighted by Crippen LogP contribution is 1.76. The van der Waals surface area contributed by atoms with E-state index in [-0.39, 0.29) is 66.7 Å². The molecule has 0 aromatic rings. The molecule has 0 aromatic heterocycles. The number of rotatable bonds is 1. The minimum atomic E-state index is -0.250. The molecule has 0 unspecified atom stereocenters. The monoisotopic (exact) mass is 451 g/mol. The maximum absolute atomic E-state index is 5.88. The van der Waals surface area contributed by atoms with Crippen molar-refractivity contribution in [3.8, 4) is 0 Å². The Morgan fingerprint density at radius 3 is 0.345 bits per heavy atom. The van der Waals surface area contributed by atoms with E-state index in [0.717, 1.165) is 0 Å². The topological polar surface area (TPSA) is 0 Å². The van der Waals surface area contributed by atoms with Gasteiger partial charge < -0.3 is 0 Å². The third kappa shape index (κ3) is 18900. The van der Waals surface area contributed by atoms with E-state index < -0.39 is 0 Å². The van der Waals surface area contributed by atoms with Gasteiger partial charge in [-0.25, -0.2) is 0 Å². The smallest absolute Gasteiger partial charge is 0.0194 e. The van der Waals surface area contributed by atoms with Gasteiger partial charge in [0.25, 0.3) is 0 Å². The molecule has 0 aliphatic heterocycles. The Balaban J connectivity index is -0.00000000464. The van der Waals surface area contributed by atoms with E-state index in [2.05, 4.69) is 13.8 Å². The second kappa shape index (κ2) is 5100. The minimum Gasteiger partial charge on any atom is -0.0776 e. The van der Waals surface area contributed by atoms with Crippen molar-refractivity contribution >= 4 is 0 Å². The molecule has 0 fully saturated rings. The van der Waals surface area contributed by atoms with Gasteiger partial charge in [0, 0.05) is 5.48 Å². The van der Waals surface area contributed by atoms with Crippen molar-refractivity contribution in [3.63, 3.8) is 0 Å². The fraction of sp³-hybridized carbons (Fsp3) is 1.00. The second-order valence-electron chi connectivity index (χ2n) is 1.000. The van der Waals surface area contributed by atoms with E-state index in [1.807, 2.05) is 111 Å². The summed E-state index contributed by atoms with van der Waals surface area (Å²) in [6.07, 6.45) is 2.64. The van der Waals surface area contributed by atoms with E-state index in [1.54, 1.807) is 0 Å². The lowest BCUT2D eigenvalue weighted by molar-refractivity contribution is 0.886. The molecule has 0 nitrogen and oxygen atoms in total. The minimum absolute atomic E-state index is 0. The quantitative estimate of drug-likeness (QED) is 0.372. The zero-order valence-electron chi connectivity index (χ0n) is 24.8. The molecule has 0 atom stereocenters. The largest absolute Gasteiger partial charge is 0.0776 e. The molecule has 210 valence electrons. The summed E-state index contributed by atoms with van der Waals surface area (Å²) in [5.41, 5.74) is 0. The van der Waals surface area contributed by atoms with Gasteiger partial charge >= 0.3 is 0 Å². The third-order valence-electron chi connectivity index (χ3n) is 0.500. The summed E-state index contributed by atoms with van der Waals surface area (Å²) in [5.74, 6) is 0. The van der Waals surface area contributed by atoms with Crippen molar-refractivity contribution in [2.45, 2.75) is 204 Å². The molecule has 0 heteroatoms. The lowest BCUT2D eigenvalue weighted by Crippen LogP contribution is -1.47. The van der Waals surface area contributed by atoms with Gasteiger partial charge in [-0.1, -0.05) is 204 Å². The first-order valence-corrected chi connectivity index (χ1v) is 9.91. The summed E-state index contributed by atoms with van der Waals surface area (Å²) < 4.78 is 23.5. The SMILES string of the molecule is C.C.C.C.C.C.C.CC.CC.CC.CC.CC.CC.CC.CC.CCCC.[3H]C[3H].[3H]C[3H]. The van der Waals surface area contributed by atoms with Crippen LogP contribution in [-0.2, 0) is 0 Å². The van der Waals surface area contributed by atoms with Crippen LogP contribution in [0.4, 0.5) is 0 Å². The summed E-state index contributed by atoms with van der Waals surface area (Å²) in [5, 5.41) is 0. The lowest BCUT2D eigenvalue weighted by Gasteiger charge is -1.68. The molecule has 0 aliphatic carbocycles. The Morgan fingerprint density at radius 2 is 0.345 bits per heavy atom. The molecule has 0 radical (unpaired) electrons. The second-order valence-corrected chi connectivity index (χ2v) is 1.000. The number of hydrogen-bond acceptors (Lipinski definition) is 0. The Hall–Kier alpha value is 0. The van der Waals surface area contributed by atoms with E-state index in [1.165, 1.54) is 12.8 Å². The van der Waals surface area contributed by atoms with E-state index in [0.29, 0.717) is 0 Å². The van der Waals surface area contributed by atoms with Crippen LogP contribution in [0.3, 0.4) is 0 Å². The van der Waals surface area contributed by atoms with Crippen LogP contribution >= 0.6 is 0 Å². The van der Waals surface area contributed by atoms with Crippen LogP contribution in [0.1, 0.15) is 210 Å². The zero-order valence-corrected chi connectivity index (χ0v) is 20.8. The third-order valence-corrected chi connectivity index (χ3v) is 0.500. The summed E-state index contributed by atoms with van der Waals surface area (Å²) in [6.45, 7) is 36.4. The molecule has 0 bridgehead atoms. The number of unbranched alkanes of at least 4 members (excludes halogenated alkanes) is 1. The number of hydrogen-bond donors (Lipinski definition) is 0. The molecule has 0 rings (SSSR count). The molecule has 29 heavy (non-hydrogen) atoms. The van der Waals surface area contributed by atoms with E-state index in [4.69, 9.17) is 5.48 Å². The Labute approximate surface area is 210 Å². The maximum atomic E-state index is 5.88. The van der Waals surface area contributed by atoms with Gasteiger partial charge in [0.1, 0.15) is 0 Å². The predicted molar refractivity (Wildman–Crippen MR) is 172 cm³/mol. The van der Waals surface area contributed by atoms with Crippen molar-refractivity contribution in [3.05, 3.63) is 0 Å². The van der Waals surface area contributed by atoms with Gasteiger partial charge in [-0.15, -0.1) is 0 Å². The Morgan fingerprint density at radius 1 is 0.310 bits per heavy atom. The normalized spacial score (nSPS) is 4.07. The fourth-order valence-electron chi connectivity index (χ4n) is 0. The molecular formula is C29H94. The van der Waals surface area contributed by atoms with E-state index in [9.17, 15) is 0 Å². The summed E-state index contributed by atoms with van der Waals surface area (Å²) in [7, 11) is -0.500. The molecule has 0 heterocycles. The van der Waals surface area contributed by atoms with Gasteiger partial charge in [-0.3, -0.25) is 0 Å². The van der Waals surface area contributed by atoms with Crippen LogP contribution in [0.15, 0.2) is 0 Å². The average Bonchev–Trinajstić information content (AvgIpc) is 2.80. The maximum Gasteiger partial charge on any atom is 0.0194 e. The zero-order chi connectivity index (χ0) is 24.8. The standard InChI is InChI=1S/C4H10.8C2H6.9CH4/c1-3-4-2;8*1-2;;;;;;;;;/h3-4H2,1-2H3;8*1-2H3;9*1H4/i;;;;;;;;;2*1T2;;;;;;;. The van der Waals surface area contributed by atoms with Gasteiger partial charge in [0.2, 0.25) is 0 Å². The lowest BCUT2D eigenvalue weighted by atomic mass is 10.4. The van der Waals surface area contributed by atoms with Crippen LogP contribution in [0.25, 0.3) is 0 Å². The molecule has 0 aliphatic rings. The van der Waals surface area contributed by atoms with Crippen LogP contribution < -0.4 is 0 Å². The summed E-state index contributed by atoms with van der Waals surface area (Å²) in [6, 6.07) is 0. The molecule has 0 aromatic carbocycles. The molecule has 0 saturated carbocycles. The van der Waals surface area contributed by atoms with E-state index >= 15 is 0 Å². The van der Waals surface area contributed by atoms with Crippen molar-refractivity contribution < 1.29 is 5.48 Å². The molecule has 0 spiro atoms. The first kappa shape index (κ1) is 101. The summed E-state index contributed by atoms with van der Waals surface area (Å²) in [4.78, 5) is 0. The van der Waals surface area contributed by atoms with Crippen molar-refractivity contribution in [2.75, 3.05) is 0 Å². The highest BCUT2D eigenvalue weighted by Gasteiger charge is 1.56. The van der Waals surface area contributed by atoms with Gasteiger partial charge in [-0.05, 0) is 0 Å². The van der Waals surface area contributed by atoms with Crippen molar-refractivity contribution in [2.24, 2.45) is 0 Å². The Bertz CT molecular complexity index is 29.6. The Kier molecular flexibility index (Phi) is 17800.